The average molecular weight is 295 g/mol. The van der Waals surface area contributed by atoms with Gasteiger partial charge in [0.25, 0.3) is 12.3 Å². The maximum atomic E-state index is 12.4. The zero-order chi connectivity index (χ0) is 15.4. The Balaban J connectivity index is 2.17. The Morgan fingerprint density at radius 3 is 2.81 bits per heavy atom. The van der Waals surface area contributed by atoms with Crippen LogP contribution >= 0.6 is 0 Å². The number of carboxylic acids is 1. The van der Waals surface area contributed by atoms with Gasteiger partial charge in [-0.15, -0.1) is 0 Å². The number of nitrogens with one attached hydrogen (secondary N) is 1. The molecule has 0 bridgehead atoms. The van der Waals surface area contributed by atoms with E-state index < -0.39 is 24.8 Å². The molecule has 110 valence electrons. The minimum absolute atomic E-state index is 0.0519. The summed E-state index contributed by atoms with van der Waals surface area (Å²) in [4.78, 5) is 26.5. The second-order valence-electron chi connectivity index (χ2n) is 4.16. The molecule has 0 unspecified atom stereocenters. The molecule has 2 heterocycles. The van der Waals surface area contributed by atoms with Crippen LogP contribution in [0.25, 0.3) is 0 Å². The largest absolute Gasteiger partial charge is 0.478 e. The highest BCUT2D eigenvalue weighted by atomic mass is 19.3. The number of carboxylic acid groups (broad SMARTS) is 1. The number of rotatable bonds is 5. The minimum Gasteiger partial charge on any atom is -0.478 e. The van der Waals surface area contributed by atoms with E-state index in [1.54, 1.807) is 0 Å². The summed E-state index contributed by atoms with van der Waals surface area (Å²) >= 11 is 0. The van der Waals surface area contributed by atoms with Crippen LogP contribution in [-0.2, 0) is 6.54 Å². The lowest BCUT2D eigenvalue weighted by Gasteiger charge is -2.09. The third kappa shape index (κ3) is 3.62. The van der Waals surface area contributed by atoms with E-state index in [-0.39, 0.29) is 16.9 Å². The average Bonchev–Trinajstić information content (AvgIpc) is 2.86. The molecule has 2 N–H and O–H groups in total. The fourth-order valence-corrected chi connectivity index (χ4v) is 1.75. The Kier molecular flexibility index (Phi) is 4.27. The topological polar surface area (TPSA) is 84.2 Å². The van der Waals surface area contributed by atoms with E-state index in [1.165, 1.54) is 30.6 Å². The number of anilines is 1. The van der Waals surface area contributed by atoms with E-state index in [9.17, 15) is 18.4 Å². The van der Waals surface area contributed by atoms with Crippen molar-refractivity contribution in [2.24, 2.45) is 0 Å². The Bertz CT molecular complexity index is 670. The smallest absolute Gasteiger partial charge is 0.337 e. The third-order valence-electron chi connectivity index (χ3n) is 2.64. The molecule has 0 saturated carbocycles. The number of carbonyl (C=O) groups is 2. The Labute approximate surface area is 118 Å². The standard InChI is InChI=1S/C13H11F2N3O3/c14-11(15)7-18-3-1-2-10(18)12(19)17-9-4-8(13(20)21)5-16-6-9/h1-6,11H,7H2,(H,17,19)(H,20,21). The summed E-state index contributed by atoms with van der Waals surface area (Å²) in [5, 5.41) is 11.3. The molecular formula is C13H11F2N3O3. The minimum atomic E-state index is -2.58. The molecule has 0 saturated heterocycles. The van der Waals surface area contributed by atoms with Gasteiger partial charge in [0.2, 0.25) is 0 Å². The highest BCUT2D eigenvalue weighted by Crippen LogP contribution is 2.12. The van der Waals surface area contributed by atoms with Gasteiger partial charge >= 0.3 is 5.97 Å². The molecule has 6 nitrogen and oxygen atoms in total. The zero-order valence-corrected chi connectivity index (χ0v) is 10.7. The van der Waals surface area contributed by atoms with E-state index in [1.807, 2.05) is 0 Å². The molecule has 0 aromatic carbocycles. The number of halogens is 2. The molecule has 0 radical (unpaired) electrons. The zero-order valence-electron chi connectivity index (χ0n) is 10.7. The first kappa shape index (κ1) is 14.6. The Hall–Kier alpha value is -2.77. The van der Waals surface area contributed by atoms with Gasteiger partial charge in [-0.1, -0.05) is 0 Å². The number of nitrogens with zero attached hydrogens (tertiary/aromatic N) is 2. The van der Waals surface area contributed by atoms with Crippen molar-refractivity contribution in [3.63, 3.8) is 0 Å². The summed E-state index contributed by atoms with van der Waals surface area (Å²) < 4.78 is 25.9. The molecule has 0 spiro atoms. The van der Waals surface area contributed by atoms with E-state index >= 15 is 0 Å². The van der Waals surface area contributed by atoms with Crippen LogP contribution in [0, 0.1) is 0 Å². The Morgan fingerprint density at radius 1 is 1.38 bits per heavy atom. The summed E-state index contributed by atoms with van der Waals surface area (Å²) in [6, 6.07) is 4.10. The monoisotopic (exact) mass is 295 g/mol. The van der Waals surface area contributed by atoms with E-state index in [4.69, 9.17) is 5.11 Å². The first-order valence-electron chi connectivity index (χ1n) is 5.90. The van der Waals surface area contributed by atoms with Gasteiger partial charge in [0.1, 0.15) is 5.69 Å². The number of aromatic carboxylic acids is 1. The fraction of sp³-hybridized carbons (Fsp3) is 0.154. The second-order valence-corrected chi connectivity index (χ2v) is 4.16. The molecule has 0 aliphatic heterocycles. The van der Waals surface area contributed by atoms with Gasteiger partial charge in [-0.3, -0.25) is 9.78 Å². The third-order valence-corrected chi connectivity index (χ3v) is 2.64. The van der Waals surface area contributed by atoms with Crippen molar-refractivity contribution in [3.05, 3.63) is 48.0 Å². The molecule has 21 heavy (non-hydrogen) atoms. The van der Waals surface area contributed by atoms with Crippen LogP contribution in [0.4, 0.5) is 14.5 Å². The van der Waals surface area contributed by atoms with Crippen molar-refractivity contribution in [1.29, 1.82) is 0 Å². The van der Waals surface area contributed by atoms with Crippen LogP contribution < -0.4 is 5.32 Å². The molecule has 8 heteroatoms. The van der Waals surface area contributed by atoms with Crippen molar-refractivity contribution in [1.82, 2.24) is 9.55 Å². The van der Waals surface area contributed by atoms with Crippen LogP contribution in [0.5, 0.6) is 0 Å². The predicted octanol–water partition coefficient (Wildman–Crippen LogP) is 2.10. The maximum absolute atomic E-state index is 12.4. The lowest BCUT2D eigenvalue weighted by Crippen LogP contribution is -2.19. The number of hydrogen-bond acceptors (Lipinski definition) is 3. The van der Waals surface area contributed by atoms with Crippen molar-refractivity contribution >= 4 is 17.6 Å². The molecule has 2 aromatic heterocycles. The summed E-state index contributed by atoms with van der Waals surface area (Å²) in [5.41, 5.74) is 0.136. The van der Waals surface area contributed by atoms with Crippen molar-refractivity contribution < 1.29 is 23.5 Å². The quantitative estimate of drug-likeness (QED) is 0.884. The van der Waals surface area contributed by atoms with Crippen LogP contribution in [0.15, 0.2) is 36.8 Å². The SMILES string of the molecule is O=C(O)c1cncc(NC(=O)c2cccn2CC(F)F)c1. The number of pyridine rings is 1. The number of alkyl halides is 2. The van der Waals surface area contributed by atoms with Gasteiger partial charge < -0.3 is 15.0 Å². The van der Waals surface area contributed by atoms with Gasteiger partial charge in [-0.05, 0) is 18.2 Å². The van der Waals surface area contributed by atoms with Crippen LogP contribution in [0.1, 0.15) is 20.8 Å². The molecule has 2 aromatic rings. The summed E-state index contributed by atoms with van der Waals surface area (Å²) in [6.45, 7) is -0.594. The number of hydrogen-bond donors (Lipinski definition) is 2. The van der Waals surface area contributed by atoms with Gasteiger partial charge in [0, 0.05) is 12.4 Å². The number of amides is 1. The fourth-order valence-electron chi connectivity index (χ4n) is 1.75. The van der Waals surface area contributed by atoms with Gasteiger partial charge in [-0.25, -0.2) is 13.6 Å². The summed E-state index contributed by atoms with van der Waals surface area (Å²) in [6.07, 6.45) is 1.19. The summed E-state index contributed by atoms with van der Waals surface area (Å²) in [5.74, 6) is -1.80. The van der Waals surface area contributed by atoms with Crippen LogP contribution in [0.2, 0.25) is 0 Å². The first-order valence-corrected chi connectivity index (χ1v) is 5.90. The maximum Gasteiger partial charge on any atom is 0.337 e. The molecule has 0 aliphatic rings. The highest BCUT2D eigenvalue weighted by Gasteiger charge is 2.14. The highest BCUT2D eigenvalue weighted by molar-refractivity contribution is 6.03. The second kappa shape index (κ2) is 6.12. The number of carbonyl (C=O) groups excluding carboxylic acids is 1. The van der Waals surface area contributed by atoms with Gasteiger partial charge in [0.15, 0.2) is 0 Å². The first-order chi connectivity index (χ1) is 9.97. The number of aromatic nitrogens is 2. The van der Waals surface area contributed by atoms with Crippen LogP contribution in [0.3, 0.4) is 0 Å². The molecule has 0 atom stereocenters. The van der Waals surface area contributed by atoms with Crippen LogP contribution in [-0.4, -0.2) is 33.0 Å². The summed E-state index contributed by atoms with van der Waals surface area (Å²) in [7, 11) is 0. The molecule has 2 rings (SSSR count). The van der Waals surface area contributed by atoms with Crippen molar-refractivity contribution in [3.8, 4) is 0 Å². The van der Waals surface area contributed by atoms with E-state index in [0.717, 1.165) is 10.8 Å². The van der Waals surface area contributed by atoms with E-state index in [0.29, 0.717) is 0 Å². The van der Waals surface area contributed by atoms with Gasteiger partial charge in [-0.2, -0.15) is 0 Å². The van der Waals surface area contributed by atoms with Gasteiger partial charge in [0.05, 0.1) is 24.0 Å². The van der Waals surface area contributed by atoms with Crippen molar-refractivity contribution in [2.45, 2.75) is 13.0 Å². The molecule has 0 aliphatic carbocycles. The predicted molar refractivity (Wildman–Crippen MR) is 69.6 cm³/mol. The Morgan fingerprint density at radius 2 is 2.14 bits per heavy atom. The lowest BCUT2D eigenvalue weighted by molar-refractivity contribution is 0.0696. The molecule has 0 fully saturated rings. The molecular weight excluding hydrogens is 284 g/mol. The lowest BCUT2D eigenvalue weighted by atomic mass is 10.2. The van der Waals surface area contributed by atoms with Crippen molar-refractivity contribution in [2.75, 3.05) is 5.32 Å². The van der Waals surface area contributed by atoms with E-state index in [2.05, 4.69) is 10.3 Å². The molecule has 1 amide bonds. The normalized spacial score (nSPS) is 10.6.